The van der Waals surface area contributed by atoms with E-state index < -0.39 is 17.6 Å². The first-order valence-corrected chi connectivity index (χ1v) is 9.18. The van der Waals surface area contributed by atoms with Gasteiger partial charge >= 0.3 is 12.1 Å². The first-order chi connectivity index (χ1) is 12.8. The zero-order valence-electron chi connectivity index (χ0n) is 15.9. The Labute approximate surface area is 159 Å². The molecule has 5 nitrogen and oxygen atoms in total. The van der Waals surface area contributed by atoms with Crippen molar-refractivity contribution in [3.8, 4) is 11.1 Å². The summed E-state index contributed by atoms with van der Waals surface area (Å²) in [6, 6.07) is 16.2. The van der Waals surface area contributed by atoms with Gasteiger partial charge in [-0.05, 0) is 41.5 Å². The number of amides is 1. The summed E-state index contributed by atoms with van der Waals surface area (Å²) in [5, 5.41) is 12.0. The molecule has 1 amide bonds. The Morgan fingerprint density at radius 2 is 1.59 bits per heavy atom. The number of benzene rings is 2. The molecule has 0 heterocycles. The molecule has 27 heavy (non-hydrogen) atoms. The van der Waals surface area contributed by atoms with E-state index >= 15 is 0 Å². The molecule has 0 fully saturated rings. The minimum absolute atomic E-state index is 0.0515. The van der Waals surface area contributed by atoms with Crippen molar-refractivity contribution in [3.63, 3.8) is 0 Å². The monoisotopic (exact) mass is 367 g/mol. The van der Waals surface area contributed by atoms with Crippen LogP contribution in [-0.4, -0.2) is 29.3 Å². The van der Waals surface area contributed by atoms with Crippen molar-refractivity contribution in [1.29, 1.82) is 0 Å². The second-order valence-corrected chi connectivity index (χ2v) is 7.69. The lowest BCUT2D eigenvalue weighted by Crippen LogP contribution is -2.53. The third-order valence-electron chi connectivity index (χ3n) is 5.01. The average Bonchev–Trinajstić information content (AvgIpc) is 2.93. The van der Waals surface area contributed by atoms with E-state index in [9.17, 15) is 14.7 Å². The maximum atomic E-state index is 12.3. The molecule has 0 saturated heterocycles. The molecule has 2 aromatic carbocycles. The van der Waals surface area contributed by atoms with Gasteiger partial charge in [-0.15, -0.1) is 0 Å². The fraction of sp³-hybridized carbons (Fsp3) is 0.364. The largest absolute Gasteiger partial charge is 0.480 e. The van der Waals surface area contributed by atoms with Gasteiger partial charge < -0.3 is 15.2 Å². The van der Waals surface area contributed by atoms with E-state index in [4.69, 9.17) is 4.74 Å². The van der Waals surface area contributed by atoms with Gasteiger partial charge in [0.2, 0.25) is 0 Å². The van der Waals surface area contributed by atoms with Gasteiger partial charge in [-0.1, -0.05) is 62.4 Å². The second kappa shape index (κ2) is 7.43. The van der Waals surface area contributed by atoms with Crippen molar-refractivity contribution in [2.45, 2.75) is 38.6 Å². The highest BCUT2D eigenvalue weighted by Crippen LogP contribution is 2.44. The van der Waals surface area contributed by atoms with Gasteiger partial charge in [0.05, 0.1) is 0 Å². The number of carbonyl (C=O) groups excluding carboxylic acids is 1. The van der Waals surface area contributed by atoms with Gasteiger partial charge in [-0.25, -0.2) is 9.59 Å². The molecule has 0 spiro atoms. The number of aliphatic carboxylic acids is 1. The molecule has 1 aliphatic rings. The summed E-state index contributed by atoms with van der Waals surface area (Å²) in [4.78, 5) is 23.9. The van der Waals surface area contributed by atoms with Crippen molar-refractivity contribution in [3.05, 3.63) is 59.7 Å². The van der Waals surface area contributed by atoms with Crippen molar-refractivity contribution in [1.82, 2.24) is 5.32 Å². The predicted octanol–water partition coefficient (Wildman–Crippen LogP) is 4.41. The van der Waals surface area contributed by atoms with Gasteiger partial charge in [-0.3, -0.25) is 0 Å². The molecular weight excluding hydrogens is 342 g/mol. The fourth-order valence-electron chi connectivity index (χ4n) is 3.87. The minimum atomic E-state index is -1.35. The van der Waals surface area contributed by atoms with Gasteiger partial charge in [0, 0.05) is 5.92 Å². The topological polar surface area (TPSA) is 75.6 Å². The normalized spacial score (nSPS) is 15.0. The van der Waals surface area contributed by atoms with Crippen LogP contribution in [-0.2, 0) is 9.53 Å². The summed E-state index contributed by atoms with van der Waals surface area (Å²) in [5.74, 6) is -0.992. The Morgan fingerprint density at radius 1 is 1.07 bits per heavy atom. The molecule has 2 aromatic rings. The lowest BCUT2D eigenvalue weighted by molar-refractivity contribution is -0.144. The maximum Gasteiger partial charge on any atom is 0.408 e. The summed E-state index contributed by atoms with van der Waals surface area (Å²) in [5.41, 5.74) is 3.19. The van der Waals surface area contributed by atoms with Crippen molar-refractivity contribution < 1.29 is 19.4 Å². The molecular formula is C22H25NO4. The number of hydrogen-bond donors (Lipinski definition) is 2. The van der Waals surface area contributed by atoms with Crippen LogP contribution in [0.15, 0.2) is 48.5 Å². The Kier molecular flexibility index (Phi) is 5.22. The summed E-state index contributed by atoms with van der Waals surface area (Å²) in [6.07, 6.45) is -0.380. The number of hydrogen-bond acceptors (Lipinski definition) is 3. The number of ether oxygens (including phenoxy) is 1. The summed E-state index contributed by atoms with van der Waals surface area (Å²) >= 11 is 0. The molecule has 0 bridgehead atoms. The molecule has 1 unspecified atom stereocenters. The third kappa shape index (κ3) is 3.82. The van der Waals surface area contributed by atoms with E-state index in [1.54, 1.807) is 0 Å². The van der Waals surface area contributed by atoms with Gasteiger partial charge in [0.1, 0.15) is 12.1 Å². The highest BCUT2D eigenvalue weighted by Gasteiger charge is 2.36. The molecule has 1 aliphatic carbocycles. The number of carboxylic acids is 1. The summed E-state index contributed by atoms with van der Waals surface area (Å²) in [6.45, 7) is 5.51. The third-order valence-corrected chi connectivity index (χ3v) is 5.01. The van der Waals surface area contributed by atoms with Crippen LogP contribution in [0.25, 0.3) is 11.1 Å². The lowest BCUT2D eigenvalue weighted by atomic mass is 9.91. The smallest absolute Gasteiger partial charge is 0.408 e. The van der Waals surface area contributed by atoms with E-state index in [-0.39, 0.29) is 18.4 Å². The van der Waals surface area contributed by atoms with E-state index in [1.807, 2.05) is 50.2 Å². The quantitative estimate of drug-likeness (QED) is 0.793. The Balaban J connectivity index is 1.73. The molecule has 5 heteroatoms. The molecule has 0 radical (unpaired) electrons. The van der Waals surface area contributed by atoms with Crippen LogP contribution in [0, 0.1) is 5.92 Å². The zero-order valence-corrected chi connectivity index (χ0v) is 15.9. The van der Waals surface area contributed by atoms with E-state index in [2.05, 4.69) is 17.4 Å². The van der Waals surface area contributed by atoms with Crippen LogP contribution in [0.2, 0.25) is 0 Å². The minimum Gasteiger partial charge on any atom is -0.480 e. The van der Waals surface area contributed by atoms with Crippen molar-refractivity contribution in [2.24, 2.45) is 5.92 Å². The SMILES string of the molecule is CC(C)CC(C)(NC(=O)OCC1c2ccccc2-c2ccccc21)C(=O)O. The summed E-state index contributed by atoms with van der Waals surface area (Å²) < 4.78 is 5.45. The lowest BCUT2D eigenvalue weighted by Gasteiger charge is -2.27. The molecule has 142 valence electrons. The first-order valence-electron chi connectivity index (χ1n) is 9.18. The van der Waals surface area contributed by atoms with Gasteiger partial charge in [-0.2, -0.15) is 0 Å². The van der Waals surface area contributed by atoms with Crippen molar-refractivity contribution in [2.75, 3.05) is 6.61 Å². The highest BCUT2D eigenvalue weighted by atomic mass is 16.5. The molecule has 3 rings (SSSR count). The number of rotatable bonds is 6. The zero-order chi connectivity index (χ0) is 19.6. The number of carbonyl (C=O) groups is 2. The van der Waals surface area contributed by atoms with Crippen molar-refractivity contribution >= 4 is 12.1 Å². The number of carboxylic acid groups (broad SMARTS) is 1. The van der Waals surface area contributed by atoms with Crippen LogP contribution in [0.1, 0.15) is 44.2 Å². The Morgan fingerprint density at radius 3 is 2.07 bits per heavy atom. The van der Waals surface area contributed by atoms with E-state index in [0.717, 1.165) is 22.3 Å². The average molecular weight is 367 g/mol. The maximum absolute atomic E-state index is 12.3. The van der Waals surface area contributed by atoms with E-state index in [1.165, 1.54) is 6.92 Å². The second-order valence-electron chi connectivity index (χ2n) is 7.69. The van der Waals surface area contributed by atoms with Crippen LogP contribution in [0.4, 0.5) is 4.79 Å². The van der Waals surface area contributed by atoms with Gasteiger partial charge in [0.25, 0.3) is 0 Å². The molecule has 0 aromatic heterocycles. The molecule has 0 aliphatic heterocycles. The van der Waals surface area contributed by atoms with Gasteiger partial charge in [0.15, 0.2) is 0 Å². The van der Waals surface area contributed by atoms with E-state index in [0.29, 0.717) is 6.42 Å². The van der Waals surface area contributed by atoms with Crippen LogP contribution < -0.4 is 5.32 Å². The molecule has 1 atom stereocenters. The summed E-state index contributed by atoms with van der Waals surface area (Å²) in [7, 11) is 0. The molecule has 0 saturated carbocycles. The number of alkyl carbamates (subject to hydrolysis) is 1. The molecule has 2 N–H and O–H groups in total. The van der Waals surface area contributed by atoms with Crippen LogP contribution >= 0.6 is 0 Å². The number of nitrogens with one attached hydrogen (secondary N) is 1. The number of fused-ring (bicyclic) bond motifs is 3. The van der Waals surface area contributed by atoms with Crippen LogP contribution in [0.3, 0.4) is 0 Å². The fourth-order valence-corrected chi connectivity index (χ4v) is 3.87. The predicted molar refractivity (Wildman–Crippen MR) is 104 cm³/mol. The highest BCUT2D eigenvalue weighted by molar-refractivity contribution is 5.84. The first kappa shape index (κ1) is 19.0. The van der Waals surface area contributed by atoms with Crippen LogP contribution in [0.5, 0.6) is 0 Å². The Bertz CT molecular complexity index is 815. The Hall–Kier alpha value is -2.82. The standard InChI is InChI=1S/C22H25NO4/c1-14(2)12-22(3,20(24)25)23-21(26)27-13-19-17-10-6-4-8-15(17)16-9-5-7-11-18(16)19/h4-11,14,19H,12-13H2,1-3H3,(H,23,26)(H,24,25).